The van der Waals surface area contributed by atoms with Crippen molar-refractivity contribution in [3.05, 3.63) is 60.4 Å². The van der Waals surface area contributed by atoms with Gasteiger partial charge in [-0.25, -0.2) is 14.4 Å². The average Bonchev–Trinajstić information content (AvgIpc) is 2.50. The van der Waals surface area contributed by atoms with E-state index in [2.05, 4.69) is 9.97 Å². The topological polar surface area (TPSA) is 77.8 Å². The van der Waals surface area contributed by atoms with Crippen LogP contribution in [0.3, 0.4) is 0 Å². The minimum absolute atomic E-state index is 0.101. The lowest BCUT2D eigenvalue weighted by Gasteiger charge is -2.07. The highest BCUT2D eigenvalue weighted by atomic mass is 19.1. The van der Waals surface area contributed by atoms with E-state index in [0.29, 0.717) is 17.0 Å². The minimum atomic E-state index is -0.481. The van der Waals surface area contributed by atoms with Crippen LogP contribution in [-0.2, 0) is 0 Å². The Morgan fingerprint density at radius 1 is 0.762 bits per heavy atom. The van der Waals surface area contributed by atoms with Gasteiger partial charge < -0.3 is 11.5 Å². The summed E-state index contributed by atoms with van der Waals surface area (Å²) in [5.74, 6) is -0.338. The quantitative estimate of drug-likeness (QED) is 0.707. The molecule has 0 fully saturated rings. The Bertz CT molecular complexity index is 788. The number of aromatic nitrogens is 2. The summed E-state index contributed by atoms with van der Waals surface area (Å²) in [6.07, 6.45) is 0. The van der Waals surface area contributed by atoms with Crippen LogP contribution in [0.4, 0.5) is 16.0 Å². The van der Waals surface area contributed by atoms with Crippen LogP contribution in [0.15, 0.2) is 54.6 Å². The lowest BCUT2D eigenvalue weighted by atomic mass is 10.1. The van der Waals surface area contributed by atoms with Crippen LogP contribution in [0, 0.1) is 5.82 Å². The number of hydrogen-bond acceptors (Lipinski definition) is 4. The van der Waals surface area contributed by atoms with Crippen molar-refractivity contribution < 1.29 is 4.39 Å². The molecule has 4 nitrogen and oxygen atoms in total. The van der Waals surface area contributed by atoms with Gasteiger partial charge in [-0.3, -0.25) is 0 Å². The normalized spacial score (nSPS) is 10.5. The molecule has 0 aliphatic heterocycles. The fraction of sp³-hybridized carbons (Fsp3) is 0. The minimum Gasteiger partial charge on any atom is -0.396 e. The zero-order chi connectivity index (χ0) is 14.8. The molecule has 3 aromatic rings. The summed E-state index contributed by atoms with van der Waals surface area (Å²) in [4.78, 5) is 8.38. The van der Waals surface area contributed by atoms with E-state index in [1.165, 1.54) is 12.1 Å². The molecule has 21 heavy (non-hydrogen) atoms. The van der Waals surface area contributed by atoms with E-state index in [0.717, 1.165) is 5.56 Å². The van der Waals surface area contributed by atoms with Gasteiger partial charge in [-0.2, -0.15) is 0 Å². The van der Waals surface area contributed by atoms with E-state index in [9.17, 15) is 4.39 Å². The third-order valence-corrected chi connectivity index (χ3v) is 3.11. The van der Waals surface area contributed by atoms with Crippen LogP contribution in [0.5, 0.6) is 0 Å². The van der Waals surface area contributed by atoms with Crippen molar-refractivity contribution >= 4 is 11.6 Å². The zero-order valence-corrected chi connectivity index (χ0v) is 11.1. The van der Waals surface area contributed by atoms with Gasteiger partial charge in [-0.05, 0) is 18.2 Å². The van der Waals surface area contributed by atoms with Crippen molar-refractivity contribution in [1.29, 1.82) is 0 Å². The number of rotatable bonds is 2. The molecule has 1 heterocycles. The summed E-state index contributed by atoms with van der Waals surface area (Å²) in [7, 11) is 0. The van der Waals surface area contributed by atoms with E-state index in [-0.39, 0.29) is 11.6 Å². The summed E-state index contributed by atoms with van der Waals surface area (Å²) >= 11 is 0. The second kappa shape index (κ2) is 5.20. The van der Waals surface area contributed by atoms with Crippen LogP contribution >= 0.6 is 0 Å². The summed E-state index contributed by atoms with van der Waals surface area (Å²) in [5.41, 5.74) is 14.1. The number of hydrogen-bond donors (Lipinski definition) is 2. The predicted molar refractivity (Wildman–Crippen MR) is 81.7 cm³/mol. The molecule has 0 radical (unpaired) electrons. The maximum atomic E-state index is 13.6. The first-order valence-corrected chi connectivity index (χ1v) is 6.39. The number of nitrogens with two attached hydrogens (primary N) is 2. The maximum absolute atomic E-state index is 13.6. The van der Waals surface area contributed by atoms with Gasteiger partial charge in [0.15, 0.2) is 0 Å². The van der Waals surface area contributed by atoms with E-state index in [4.69, 9.17) is 11.5 Å². The number of nitrogens with zero attached hydrogens (tertiary/aromatic N) is 2. The molecule has 0 saturated heterocycles. The Balaban J connectivity index is 2.11. The van der Waals surface area contributed by atoms with Gasteiger partial charge >= 0.3 is 0 Å². The van der Waals surface area contributed by atoms with Crippen LogP contribution in [0.1, 0.15) is 0 Å². The Labute approximate surface area is 121 Å². The first-order chi connectivity index (χ1) is 10.1. The molecule has 0 bridgehead atoms. The fourth-order valence-corrected chi connectivity index (χ4v) is 2.06. The van der Waals surface area contributed by atoms with Crippen molar-refractivity contribution in [3.63, 3.8) is 0 Å². The number of halogens is 1. The van der Waals surface area contributed by atoms with Crippen molar-refractivity contribution in [2.45, 2.75) is 0 Å². The van der Waals surface area contributed by atoms with Gasteiger partial charge in [0, 0.05) is 11.1 Å². The van der Waals surface area contributed by atoms with Gasteiger partial charge in [-0.15, -0.1) is 0 Å². The molecule has 2 aromatic carbocycles. The maximum Gasteiger partial charge on any atom is 0.221 e. The molecule has 3 rings (SSSR count). The standard InChI is InChI=1S/C16H13FN4/c17-12-8-11(6-7-13(12)18)15-9-14(20-16(19)21-15)10-4-2-1-3-5-10/h1-9H,18H2,(H2,19,20,21). The Morgan fingerprint density at radius 2 is 1.43 bits per heavy atom. The van der Waals surface area contributed by atoms with Crippen molar-refractivity contribution in [2.24, 2.45) is 0 Å². The lowest BCUT2D eigenvalue weighted by Crippen LogP contribution is -1.99. The molecule has 0 saturated carbocycles. The highest BCUT2D eigenvalue weighted by molar-refractivity contribution is 5.70. The zero-order valence-electron chi connectivity index (χ0n) is 11.1. The molecule has 0 aliphatic carbocycles. The average molecular weight is 280 g/mol. The van der Waals surface area contributed by atoms with Crippen LogP contribution in [-0.4, -0.2) is 9.97 Å². The lowest BCUT2D eigenvalue weighted by molar-refractivity contribution is 0.633. The molecular weight excluding hydrogens is 267 g/mol. The van der Waals surface area contributed by atoms with Crippen LogP contribution < -0.4 is 11.5 Å². The molecular formula is C16H13FN4. The molecule has 1 aromatic heterocycles. The second-order valence-corrected chi connectivity index (χ2v) is 4.60. The summed E-state index contributed by atoms with van der Waals surface area (Å²) in [5, 5.41) is 0. The van der Waals surface area contributed by atoms with Gasteiger partial charge in [0.1, 0.15) is 5.82 Å². The third kappa shape index (κ3) is 2.67. The second-order valence-electron chi connectivity index (χ2n) is 4.60. The van der Waals surface area contributed by atoms with Crippen LogP contribution in [0.25, 0.3) is 22.5 Å². The summed E-state index contributed by atoms with van der Waals surface area (Å²) in [6.45, 7) is 0. The van der Waals surface area contributed by atoms with Gasteiger partial charge in [0.05, 0.1) is 17.1 Å². The number of nitrogen functional groups attached to an aromatic ring is 2. The van der Waals surface area contributed by atoms with Gasteiger partial charge in [0.2, 0.25) is 5.95 Å². The Kier molecular flexibility index (Phi) is 3.23. The van der Waals surface area contributed by atoms with Crippen molar-refractivity contribution in [1.82, 2.24) is 9.97 Å². The molecule has 0 aliphatic rings. The van der Waals surface area contributed by atoms with Gasteiger partial charge in [0.25, 0.3) is 0 Å². The predicted octanol–water partition coefficient (Wildman–Crippen LogP) is 3.11. The highest BCUT2D eigenvalue weighted by Gasteiger charge is 2.08. The monoisotopic (exact) mass is 280 g/mol. The third-order valence-electron chi connectivity index (χ3n) is 3.11. The number of anilines is 2. The molecule has 0 spiro atoms. The molecule has 0 atom stereocenters. The van der Waals surface area contributed by atoms with E-state index >= 15 is 0 Å². The first kappa shape index (κ1) is 13.1. The Morgan fingerprint density at radius 3 is 2.10 bits per heavy atom. The summed E-state index contributed by atoms with van der Waals surface area (Å²) in [6, 6.07) is 15.9. The van der Waals surface area contributed by atoms with E-state index < -0.39 is 5.82 Å². The fourth-order valence-electron chi connectivity index (χ4n) is 2.06. The van der Waals surface area contributed by atoms with Crippen LogP contribution in [0.2, 0.25) is 0 Å². The van der Waals surface area contributed by atoms with Crippen molar-refractivity contribution in [3.8, 4) is 22.5 Å². The molecule has 104 valence electrons. The van der Waals surface area contributed by atoms with E-state index in [1.807, 2.05) is 30.3 Å². The molecule has 4 N–H and O–H groups in total. The molecule has 0 amide bonds. The van der Waals surface area contributed by atoms with E-state index in [1.54, 1.807) is 12.1 Å². The van der Waals surface area contributed by atoms with Gasteiger partial charge in [-0.1, -0.05) is 36.4 Å². The smallest absolute Gasteiger partial charge is 0.221 e. The molecule has 0 unspecified atom stereocenters. The first-order valence-electron chi connectivity index (χ1n) is 6.39. The largest absolute Gasteiger partial charge is 0.396 e. The summed E-state index contributed by atoms with van der Waals surface area (Å²) < 4.78 is 13.6. The SMILES string of the molecule is Nc1nc(-c2ccccc2)cc(-c2ccc(N)c(F)c2)n1. The van der Waals surface area contributed by atoms with Crippen molar-refractivity contribution in [2.75, 3.05) is 11.5 Å². The Hall–Kier alpha value is -2.95. The molecule has 5 heteroatoms. The number of benzene rings is 2. The highest BCUT2D eigenvalue weighted by Crippen LogP contribution is 2.26.